The average molecular weight is 502 g/mol. The van der Waals surface area contributed by atoms with Crippen molar-refractivity contribution in [2.24, 2.45) is 0 Å². The van der Waals surface area contributed by atoms with E-state index in [-0.39, 0.29) is 18.4 Å². The van der Waals surface area contributed by atoms with Crippen molar-refractivity contribution < 1.29 is 31.4 Å². The van der Waals surface area contributed by atoms with Crippen LogP contribution in [0.1, 0.15) is 28.1 Å². The Hall–Kier alpha value is -3.59. The summed E-state index contributed by atoms with van der Waals surface area (Å²) in [4.78, 5) is 8.67. The first kappa shape index (κ1) is 25.5. The third-order valence-corrected chi connectivity index (χ3v) is 5.75. The van der Waals surface area contributed by atoms with Gasteiger partial charge in [-0.3, -0.25) is 0 Å². The molecular weight excluding hydrogens is 479 g/mol. The van der Waals surface area contributed by atoms with Crippen molar-refractivity contribution in [2.45, 2.75) is 38.9 Å². The third-order valence-electron chi connectivity index (χ3n) is 5.75. The summed E-state index contributed by atoms with van der Waals surface area (Å²) in [5.74, 6) is -3.29. The molecule has 0 saturated heterocycles. The van der Waals surface area contributed by atoms with Gasteiger partial charge in [0.15, 0.2) is 17.4 Å². The lowest BCUT2D eigenvalue weighted by Gasteiger charge is -2.11. The summed E-state index contributed by atoms with van der Waals surface area (Å²) in [6, 6.07) is 10.7. The Kier molecular flexibility index (Phi) is 8.10. The van der Waals surface area contributed by atoms with Crippen molar-refractivity contribution in [3.63, 3.8) is 0 Å². The number of methoxy groups -OCH3 is 1. The minimum Gasteiger partial charge on any atom is -0.429 e. The van der Waals surface area contributed by atoms with E-state index in [0.717, 1.165) is 28.6 Å². The molecule has 36 heavy (non-hydrogen) atoms. The summed E-state index contributed by atoms with van der Waals surface area (Å²) < 4.78 is 76.6. The number of halogens is 5. The Balaban J connectivity index is 1.43. The molecule has 0 aliphatic heterocycles. The minimum atomic E-state index is -3.34. The van der Waals surface area contributed by atoms with E-state index < -0.39 is 29.8 Å². The zero-order valence-corrected chi connectivity index (χ0v) is 19.4. The predicted molar refractivity (Wildman–Crippen MR) is 124 cm³/mol. The number of benzene rings is 3. The number of ether oxygens (including phenoxy) is 2. The number of alkyl halides is 2. The van der Waals surface area contributed by atoms with Crippen LogP contribution in [0.25, 0.3) is 10.8 Å². The summed E-state index contributed by atoms with van der Waals surface area (Å²) in [5.41, 5.74) is 2.50. The molecule has 0 spiro atoms. The van der Waals surface area contributed by atoms with E-state index in [1.54, 1.807) is 37.7 Å². The van der Waals surface area contributed by atoms with Gasteiger partial charge in [0.2, 0.25) is 0 Å². The lowest BCUT2D eigenvalue weighted by Crippen LogP contribution is -2.06. The number of hydrogen-bond acceptors (Lipinski definition) is 4. The molecule has 0 saturated carbocycles. The zero-order chi connectivity index (χ0) is 25.7. The van der Waals surface area contributed by atoms with E-state index in [1.165, 1.54) is 0 Å². The van der Waals surface area contributed by atoms with Crippen LogP contribution in [-0.2, 0) is 37.0 Å². The fraction of sp³-hybridized carbons (Fsp3) is 0.259. The molecule has 3 aromatic carbocycles. The van der Waals surface area contributed by atoms with E-state index in [4.69, 9.17) is 4.74 Å². The van der Waals surface area contributed by atoms with Gasteiger partial charge in [-0.2, -0.15) is 8.78 Å². The highest BCUT2D eigenvalue weighted by atomic mass is 19.3. The summed E-state index contributed by atoms with van der Waals surface area (Å²) in [5, 5.41) is 1.17. The fourth-order valence-corrected chi connectivity index (χ4v) is 3.98. The van der Waals surface area contributed by atoms with Gasteiger partial charge in [-0.1, -0.05) is 30.3 Å². The average Bonchev–Trinajstić information content (AvgIpc) is 2.85. The highest BCUT2D eigenvalue weighted by Gasteiger charge is 2.17. The van der Waals surface area contributed by atoms with Crippen LogP contribution in [0.3, 0.4) is 0 Å². The first-order chi connectivity index (χ1) is 17.3. The highest BCUT2D eigenvalue weighted by Crippen LogP contribution is 2.27. The van der Waals surface area contributed by atoms with Crippen molar-refractivity contribution in [1.82, 2.24) is 9.97 Å². The van der Waals surface area contributed by atoms with Crippen molar-refractivity contribution in [1.29, 1.82) is 0 Å². The molecule has 4 rings (SSSR count). The summed E-state index contributed by atoms with van der Waals surface area (Å²) in [6.07, 6.45) is 5.08. The molecule has 0 amide bonds. The molecule has 188 valence electrons. The lowest BCUT2D eigenvalue weighted by atomic mass is 9.98. The molecule has 4 aromatic rings. The van der Waals surface area contributed by atoms with Crippen LogP contribution in [-0.4, -0.2) is 23.7 Å². The maximum Gasteiger partial charge on any atom is 0.387 e. The maximum absolute atomic E-state index is 15.1. The summed E-state index contributed by atoms with van der Waals surface area (Å²) in [6.45, 7) is -2.89. The van der Waals surface area contributed by atoms with Crippen LogP contribution < -0.4 is 4.74 Å². The molecule has 1 heterocycles. The van der Waals surface area contributed by atoms with Gasteiger partial charge in [0.25, 0.3) is 0 Å². The highest BCUT2D eigenvalue weighted by molar-refractivity contribution is 5.84. The van der Waals surface area contributed by atoms with Crippen LogP contribution in [0.15, 0.2) is 54.9 Å². The SMILES string of the molecule is COCc1cnc(CCc2ccc3c(F)c(CCc4cc(F)c(OC(F)F)c(F)c4)ccc3c2)nc1. The monoisotopic (exact) mass is 502 g/mol. The van der Waals surface area contributed by atoms with Crippen LogP contribution >= 0.6 is 0 Å². The number of rotatable bonds is 10. The van der Waals surface area contributed by atoms with E-state index in [1.807, 2.05) is 12.1 Å². The van der Waals surface area contributed by atoms with Gasteiger partial charge in [0.05, 0.1) is 6.61 Å². The molecule has 0 atom stereocenters. The molecule has 4 nitrogen and oxygen atoms in total. The van der Waals surface area contributed by atoms with Crippen LogP contribution in [0, 0.1) is 17.5 Å². The number of aromatic nitrogens is 2. The zero-order valence-electron chi connectivity index (χ0n) is 19.4. The van der Waals surface area contributed by atoms with Gasteiger partial charge in [-0.15, -0.1) is 0 Å². The normalized spacial score (nSPS) is 11.4. The van der Waals surface area contributed by atoms with Crippen LogP contribution in [0.5, 0.6) is 5.75 Å². The molecule has 1 aromatic heterocycles. The second-order valence-corrected chi connectivity index (χ2v) is 8.30. The Morgan fingerprint density at radius 1 is 0.778 bits per heavy atom. The third kappa shape index (κ3) is 6.15. The molecular formula is C27H23F5N2O2. The quantitative estimate of drug-likeness (QED) is 0.237. The van der Waals surface area contributed by atoms with Crippen molar-refractivity contribution in [2.75, 3.05) is 7.11 Å². The first-order valence-corrected chi connectivity index (χ1v) is 11.3. The Morgan fingerprint density at radius 2 is 1.47 bits per heavy atom. The molecule has 0 aliphatic rings. The molecule has 0 N–H and O–H groups in total. The van der Waals surface area contributed by atoms with Gasteiger partial charge in [0, 0.05) is 36.9 Å². The predicted octanol–water partition coefficient (Wildman–Crippen LogP) is 6.37. The minimum absolute atomic E-state index is 0.118. The fourth-order valence-electron chi connectivity index (χ4n) is 3.98. The molecule has 0 unspecified atom stereocenters. The van der Waals surface area contributed by atoms with E-state index >= 15 is 4.39 Å². The molecule has 9 heteroatoms. The second-order valence-electron chi connectivity index (χ2n) is 8.30. The standard InChI is InChI=1S/C27H23F5N2O2/c1-35-15-18-13-33-24(34-14-18)9-4-16-3-8-21-20(10-16)7-6-19(25(21)30)5-2-17-11-22(28)26(23(29)12-17)36-27(31)32/h3,6-8,10-14,27H,2,4-5,9,15H2,1H3. The van der Waals surface area contributed by atoms with Crippen molar-refractivity contribution in [3.05, 3.63) is 100 Å². The van der Waals surface area contributed by atoms with E-state index in [2.05, 4.69) is 14.7 Å². The summed E-state index contributed by atoms with van der Waals surface area (Å²) >= 11 is 0. The van der Waals surface area contributed by atoms with Gasteiger partial charge in [0.1, 0.15) is 11.6 Å². The molecule has 0 bridgehead atoms. The Labute approximate surface area is 204 Å². The number of hydrogen-bond donors (Lipinski definition) is 0. The van der Waals surface area contributed by atoms with E-state index in [0.29, 0.717) is 36.2 Å². The van der Waals surface area contributed by atoms with E-state index in [9.17, 15) is 17.6 Å². The lowest BCUT2D eigenvalue weighted by molar-refractivity contribution is -0.0546. The van der Waals surface area contributed by atoms with Gasteiger partial charge < -0.3 is 9.47 Å². The Bertz CT molecular complexity index is 1320. The van der Waals surface area contributed by atoms with Crippen LogP contribution in [0.2, 0.25) is 0 Å². The van der Waals surface area contributed by atoms with Gasteiger partial charge in [-0.05, 0) is 53.5 Å². The van der Waals surface area contributed by atoms with Gasteiger partial charge in [-0.25, -0.2) is 23.1 Å². The van der Waals surface area contributed by atoms with Crippen molar-refractivity contribution >= 4 is 10.8 Å². The maximum atomic E-state index is 15.1. The molecule has 0 radical (unpaired) electrons. The van der Waals surface area contributed by atoms with Gasteiger partial charge >= 0.3 is 6.61 Å². The number of aryl methyl sites for hydroxylation is 4. The summed E-state index contributed by atoms with van der Waals surface area (Å²) in [7, 11) is 1.61. The molecule has 0 fully saturated rings. The smallest absolute Gasteiger partial charge is 0.387 e. The second kappa shape index (κ2) is 11.4. The first-order valence-electron chi connectivity index (χ1n) is 11.3. The largest absolute Gasteiger partial charge is 0.429 e. The number of nitrogens with zero attached hydrogens (tertiary/aromatic N) is 2. The molecule has 0 aliphatic carbocycles. The van der Waals surface area contributed by atoms with Crippen LogP contribution in [0.4, 0.5) is 22.0 Å². The van der Waals surface area contributed by atoms with Crippen molar-refractivity contribution in [3.8, 4) is 5.75 Å². The Morgan fingerprint density at radius 3 is 2.14 bits per heavy atom. The topological polar surface area (TPSA) is 44.2 Å². The number of fused-ring (bicyclic) bond motifs is 1.